The van der Waals surface area contributed by atoms with Crippen LogP contribution in [0.15, 0.2) is 48.7 Å². The summed E-state index contributed by atoms with van der Waals surface area (Å²) in [5.41, 5.74) is 2.60. The molecule has 0 saturated carbocycles. The predicted molar refractivity (Wildman–Crippen MR) is 97.6 cm³/mol. The quantitative estimate of drug-likeness (QED) is 0.746. The third-order valence-electron chi connectivity index (χ3n) is 3.48. The van der Waals surface area contributed by atoms with Gasteiger partial charge < -0.3 is 5.32 Å². The lowest BCUT2D eigenvalue weighted by Gasteiger charge is -2.04. The van der Waals surface area contributed by atoms with Crippen LogP contribution in [0.1, 0.15) is 20.9 Å². The average molecular weight is 358 g/mol. The third-order valence-corrected chi connectivity index (χ3v) is 4.89. The van der Waals surface area contributed by atoms with Crippen molar-refractivity contribution < 1.29 is 4.79 Å². The minimum Gasteiger partial charge on any atom is -0.351 e. The molecule has 0 atom stereocenters. The zero-order chi connectivity index (χ0) is 16.9. The van der Waals surface area contributed by atoms with Gasteiger partial charge in [0.15, 0.2) is 0 Å². The van der Waals surface area contributed by atoms with Crippen molar-refractivity contribution in [3.05, 3.63) is 69.8 Å². The van der Waals surface area contributed by atoms with Crippen LogP contribution in [-0.4, -0.2) is 22.4 Å². The van der Waals surface area contributed by atoms with Crippen molar-refractivity contribution in [1.29, 1.82) is 0 Å². The average Bonchev–Trinajstić information content (AvgIpc) is 2.98. The Morgan fingerprint density at radius 2 is 2.12 bits per heavy atom. The van der Waals surface area contributed by atoms with Crippen molar-refractivity contribution in [2.45, 2.75) is 13.3 Å². The van der Waals surface area contributed by atoms with E-state index >= 15 is 0 Å². The first-order chi connectivity index (χ1) is 11.6. The van der Waals surface area contributed by atoms with E-state index in [9.17, 15) is 4.79 Å². The van der Waals surface area contributed by atoms with Gasteiger partial charge in [-0.3, -0.25) is 9.78 Å². The van der Waals surface area contributed by atoms with E-state index in [1.807, 2.05) is 49.4 Å². The molecular formula is C18H16ClN3OS. The second-order valence-corrected chi connectivity index (χ2v) is 6.72. The number of carbonyl (C=O) groups is 1. The van der Waals surface area contributed by atoms with Gasteiger partial charge in [0.2, 0.25) is 0 Å². The summed E-state index contributed by atoms with van der Waals surface area (Å²) in [6.45, 7) is 2.39. The zero-order valence-electron chi connectivity index (χ0n) is 13.1. The first kappa shape index (κ1) is 16.6. The molecule has 4 nitrogen and oxygen atoms in total. The molecule has 0 unspecified atom stereocenters. The number of rotatable bonds is 5. The second-order valence-electron chi connectivity index (χ2n) is 5.28. The Balaban J connectivity index is 1.64. The highest BCUT2D eigenvalue weighted by Crippen LogP contribution is 2.26. The molecule has 6 heteroatoms. The molecular weight excluding hydrogens is 342 g/mol. The minimum absolute atomic E-state index is 0.103. The van der Waals surface area contributed by atoms with Crippen LogP contribution in [0.2, 0.25) is 5.02 Å². The maximum absolute atomic E-state index is 12.4. The van der Waals surface area contributed by atoms with E-state index < -0.39 is 0 Å². The molecule has 3 rings (SSSR count). The molecule has 0 aliphatic rings. The summed E-state index contributed by atoms with van der Waals surface area (Å²) < 4.78 is 0. The monoisotopic (exact) mass is 357 g/mol. The van der Waals surface area contributed by atoms with Crippen LogP contribution in [-0.2, 0) is 6.42 Å². The van der Waals surface area contributed by atoms with Gasteiger partial charge >= 0.3 is 0 Å². The van der Waals surface area contributed by atoms with Gasteiger partial charge in [-0.25, -0.2) is 4.98 Å². The van der Waals surface area contributed by atoms with Gasteiger partial charge in [-0.1, -0.05) is 29.8 Å². The normalized spacial score (nSPS) is 10.6. The number of hydrogen-bond acceptors (Lipinski definition) is 4. The number of halogens is 1. The highest BCUT2D eigenvalue weighted by Gasteiger charge is 2.16. The molecule has 0 saturated heterocycles. The lowest BCUT2D eigenvalue weighted by atomic mass is 10.1. The Hall–Kier alpha value is -2.24. The maximum atomic E-state index is 12.4. The number of hydrogen-bond donors (Lipinski definition) is 1. The molecule has 2 aromatic heterocycles. The molecule has 24 heavy (non-hydrogen) atoms. The Bertz CT molecular complexity index is 848. The molecule has 1 N–H and O–H groups in total. The lowest BCUT2D eigenvalue weighted by Crippen LogP contribution is -2.25. The van der Waals surface area contributed by atoms with Crippen LogP contribution >= 0.6 is 22.9 Å². The molecule has 1 amide bonds. The molecule has 1 aromatic carbocycles. The number of thiazole rings is 1. The summed E-state index contributed by atoms with van der Waals surface area (Å²) >= 11 is 7.33. The van der Waals surface area contributed by atoms with E-state index in [1.165, 1.54) is 11.3 Å². The number of nitrogens with one attached hydrogen (secondary N) is 1. The number of nitrogens with zero attached hydrogens (tertiary/aromatic N) is 2. The fraction of sp³-hybridized carbons (Fsp3) is 0.167. The van der Waals surface area contributed by atoms with Gasteiger partial charge in [-0.2, -0.15) is 0 Å². The van der Waals surface area contributed by atoms with Crippen molar-refractivity contribution in [2.24, 2.45) is 0 Å². The summed E-state index contributed by atoms with van der Waals surface area (Å²) in [6, 6.07) is 13.3. The van der Waals surface area contributed by atoms with Crippen LogP contribution in [0, 0.1) is 6.92 Å². The van der Waals surface area contributed by atoms with E-state index in [4.69, 9.17) is 11.6 Å². The number of benzene rings is 1. The third kappa shape index (κ3) is 3.99. The van der Waals surface area contributed by atoms with Gasteiger partial charge in [0.1, 0.15) is 9.88 Å². The number of carbonyl (C=O) groups excluding carboxylic acids is 1. The summed E-state index contributed by atoms with van der Waals surface area (Å²) in [4.78, 5) is 21.7. The van der Waals surface area contributed by atoms with Crippen molar-refractivity contribution in [1.82, 2.24) is 15.3 Å². The van der Waals surface area contributed by atoms with Gasteiger partial charge in [0.25, 0.3) is 5.91 Å². The van der Waals surface area contributed by atoms with Crippen LogP contribution in [0.4, 0.5) is 0 Å². The molecule has 2 heterocycles. The number of amides is 1. The van der Waals surface area contributed by atoms with Crippen LogP contribution in [0.5, 0.6) is 0 Å². The van der Waals surface area contributed by atoms with Crippen LogP contribution in [0.3, 0.4) is 0 Å². The Morgan fingerprint density at radius 1 is 1.25 bits per heavy atom. The van der Waals surface area contributed by atoms with E-state index in [0.717, 1.165) is 28.4 Å². The number of pyridine rings is 1. The standard InChI is InChI=1S/C18H16ClN3OS/c1-12-16(24-18(22-12)15-7-2-3-9-20-15)17(23)21-10-8-13-5-4-6-14(19)11-13/h2-7,9,11H,8,10H2,1H3,(H,21,23). The summed E-state index contributed by atoms with van der Waals surface area (Å²) in [6.07, 6.45) is 2.45. The van der Waals surface area contributed by atoms with Gasteiger partial charge in [0, 0.05) is 17.8 Å². The molecule has 0 spiro atoms. The number of aryl methyl sites for hydroxylation is 1. The smallest absolute Gasteiger partial charge is 0.263 e. The fourth-order valence-corrected chi connectivity index (χ4v) is 3.47. The highest BCUT2D eigenvalue weighted by molar-refractivity contribution is 7.17. The highest BCUT2D eigenvalue weighted by atomic mass is 35.5. The number of aromatic nitrogens is 2. The fourth-order valence-electron chi connectivity index (χ4n) is 2.30. The topological polar surface area (TPSA) is 54.9 Å². The molecule has 0 fully saturated rings. The predicted octanol–water partition coefficient (Wildman–Crippen LogP) is 4.14. The molecule has 3 aromatic rings. The SMILES string of the molecule is Cc1nc(-c2ccccn2)sc1C(=O)NCCc1cccc(Cl)c1. The second kappa shape index (κ2) is 7.55. The maximum Gasteiger partial charge on any atom is 0.263 e. The Kier molecular flexibility index (Phi) is 5.23. The first-order valence-corrected chi connectivity index (χ1v) is 8.74. The van der Waals surface area contributed by atoms with Gasteiger partial charge in [0.05, 0.1) is 11.4 Å². The summed E-state index contributed by atoms with van der Waals surface area (Å²) in [7, 11) is 0. The van der Waals surface area contributed by atoms with Crippen molar-refractivity contribution in [3.8, 4) is 10.7 Å². The lowest BCUT2D eigenvalue weighted by molar-refractivity contribution is 0.0957. The molecule has 122 valence electrons. The first-order valence-electron chi connectivity index (χ1n) is 7.55. The van der Waals surface area contributed by atoms with Crippen LogP contribution < -0.4 is 5.32 Å². The van der Waals surface area contributed by atoms with Gasteiger partial charge in [-0.05, 0) is 43.2 Å². The summed E-state index contributed by atoms with van der Waals surface area (Å²) in [5, 5.41) is 4.40. The zero-order valence-corrected chi connectivity index (χ0v) is 14.7. The Morgan fingerprint density at radius 3 is 2.88 bits per heavy atom. The molecule has 0 aliphatic carbocycles. The van der Waals surface area contributed by atoms with E-state index in [2.05, 4.69) is 15.3 Å². The van der Waals surface area contributed by atoms with E-state index in [1.54, 1.807) is 6.20 Å². The minimum atomic E-state index is -0.103. The summed E-state index contributed by atoms with van der Waals surface area (Å²) in [5.74, 6) is -0.103. The van der Waals surface area contributed by atoms with Crippen molar-refractivity contribution in [3.63, 3.8) is 0 Å². The van der Waals surface area contributed by atoms with Gasteiger partial charge in [-0.15, -0.1) is 11.3 Å². The largest absolute Gasteiger partial charge is 0.351 e. The van der Waals surface area contributed by atoms with Crippen molar-refractivity contribution >= 4 is 28.8 Å². The molecule has 0 aliphatic heterocycles. The van der Waals surface area contributed by atoms with E-state index in [0.29, 0.717) is 16.4 Å². The Labute approximate surface area is 149 Å². The molecule has 0 bridgehead atoms. The van der Waals surface area contributed by atoms with E-state index in [-0.39, 0.29) is 5.91 Å². The van der Waals surface area contributed by atoms with Crippen LogP contribution in [0.25, 0.3) is 10.7 Å². The molecule has 0 radical (unpaired) electrons. The van der Waals surface area contributed by atoms with Crippen molar-refractivity contribution in [2.75, 3.05) is 6.54 Å².